The minimum Gasteiger partial charge on any atom is -0.468 e. The molecule has 1 atom stereocenters. The zero-order chi connectivity index (χ0) is 16.7. The topological polar surface area (TPSA) is 69.4 Å². The van der Waals surface area contributed by atoms with Gasteiger partial charge in [0.25, 0.3) is 6.47 Å². The average Bonchev–Trinajstić information content (AvgIpc) is 2.60. The largest absolute Gasteiger partial charge is 0.468 e. The third-order valence-electron chi connectivity index (χ3n) is 4.82. The highest BCUT2D eigenvalue weighted by molar-refractivity contribution is 5.97. The first kappa shape index (κ1) is 17.7. The van der Waals surface area contributed by atoms with Crippen molar-refractivity contribution in [1.29, 1.82) is 0 Å². The number of hydrogen-bond acceptors (Lipinski definition) is 4. The van der Waals surface area contributed by atoms with Crippen LogP contribution in [-0.2, 0) is 16.0 Å². The molecule has 2 N–H and O–H groups in total. The van der Waals surface area contributed by atoms with Crippen LogP contribution in [0, 0.1) is 17.8 Å². The van der Waals surface area contributed by atoms with Gasteiger partial charge in [-0.1, -0.05) is 31.2 Å². The highest BCUT2D eigenvalue weighted by atomic mass is 16.5. The van der Waals surface area contributed by atoms with Crippen LogP contribution in [0.2, 0.25) is 0 Å². The number of carbonyl (C=O) groups is 2. The normalized spacial score (nSPS) is 22.3. The number of rotatable bonds is 8. The van der Waals surface area contributed by atoms with Gasteiger partial charge in [0.15, 0.2) is 5.78 Å². The van der Waals surface area contributed by atoms with Gasteiger partial charge in [-0.15, -0.1) is 0 Å². The third-order valence-corrected chi connectivity index (χ3v) is 4.82. The summed E-state index contributed by atoms with van der Waals surface area (Å²) in [5.74, 6) is 1.29. The average molecular weight is 317 g/mol. The van der Waals surface area contributed by atoms with Crippen molar-refractivity contribution < 1.29 is 14.3 Å². The van der Waals surface area contributed by atoms with E-state index in [1.165, 1.54) is 0 Å². The molecule has 126 valence electrons. The summed E-state index contributed by atoms with van der Waals surface area (Å²) < 4.78 is 4.78. The summed E-state index contributed by atoms with van der Waals surface area (Å²) in [6, 6.07) is 7.88. The van der Waals surface area contributed by atoms with Crippen molar-refractivity contribution in [3.63, 3.8) is 0 Å². The first-order valence-electron chi connectivity index (χ1n) is 8.52. The summed E-state index contributed by atoms with van der Waals surface area (Å²) in [7, 11) is 0. The van der Waals surface area contributed by atoms with Gasteiger partial charge in [0, 0.05) is 11.5 Å². The summed E-state index contributed by atoms with van der Waals surface area (Å²) in [5.41, 5.74) is 7.68. The Hall–Kier alpha value is -1.68. The number of benzene rings is 1. The molecule has 0 aliphatic heterocycles. The molecule has 1 aliphatic carbocycles. The van der Waals surface area contributed by atoms with Crippen LogP contribution in [0.3, 0.4) is 0 Å². The summed E-state index contributed by atoms with van der Waals surface area (Å²) in [5, 5.41) is 0. The predicted octanol–water partition coefficient (Wildman–Crippen LogP) is 2.99. The van der Waals surface area contributed by atoms with Gasteiger partial charge in [-0.05, 0) is 56.0 Å². The minimum absolute atomic E-state index is 0.156. The van der Waals surface area contributed by atoms with Crippen molar-refractivity contribution in [3.05, 3.63) is 35.4 Å². The van der Waals surface area contributed by atoms with E-state index in [0.717, 1.165) is 49.8 Å². The van der Waals surface area contributed by atoms with E-state index < -0.39 is 0 Å². The lowest BCUT2D eigenvalue weighted by molar-refractivity contribution is -0.129. The number of Topliss-reactive ketones (excluding diaryl/α,β-unsaturated/α-hetero) is 1. The van der Waals surface area contributed by atoms with Gasteiger partial charge >= 0.3 is 0 Å². The van der Waals surface area contributed by atoms with Crippen LogP contribution in [0.5, 0.6) is 0 Å². The molecular formula is C19H27NO3. The quantitative estimate of drug-likeness (QED) is 0.591. The van der Waals surface area contributed by atoms with Crippen LogP contribution in [0.15, 0.2) is 24.3 Å². The second kappa shape index (κ2) is 8.82. The Morgan fingerprint density at radius 3 is 2.48 bits per heavy atom. The van der Waals surface area contributed by atoms with Crippen molar-refractivity contribution in [1.82, 2.24) is 0 Å². The molecule has 0 bridgehead atoms. The lowest BCUT2D eigenvalue weighted by Crippen LogP contribution is -2.25. The lowest BCUT2D eigenvalue weighted by atomic mass is 9.78. The molecule has 1 aromatic carbocycles. The van der Waals surface area contributed by atoms with E-state index in [1.54, 1.807) is 0 Å². The number of ketones is 1. The van der Waals surface area contributed by atoms with Crippen molar-refractivity contribution in [2.75, 3.05) is 13.2 Å². The monoisotopic (exact) mass is 317 g/mol. The molecule has 0 radical (unpaired) electrons. The number of nitrogens with two attached hydrogens (primary N) is 1. The SMILES string of the molecule is CC(COC=O)Cc1ccc(C(=O)C2CCC(CN)CC2)cc1. The second-order valence-electron chi connectivity index (χ2n) is 6.75. The first-order chi connectivity index (χ1) is 11.1. The predicted molar refractivity (Wildman–Crippen MR) is 90.2 cm³/mol. The zero-order valence-electron chi connectivity index (χ0n) is 13.9. The molecule has 0 heterocycles. The highest BCUT2D eigenvalue weighted by Gasteiger charge is 2.26. The maximum atomic E-state index is 12.6. The molecule has 1 aromatic rings. The molecular weight excluding hydrogens is 290 g/mol. The molecule has 0 spiro atoms. The standard InChI is InChI=1S/C19H27NO3/c1-14(12-23-13-21)10-15-2-6-17(7-3-15)19(22)18-8-4-16(11-20)5-9-18/h2-3,6-7,13-14,16,18H,4-5,8-12,20H2,1H3. The second-order valence-corrected chi connectivity index (χ2v) is 6.75. The Bertz CT molecular complexity index is 504. The molecule has 1 saturated carbocycles. The lowest BCUT2D eigenvalue weighted by Gasteiger charge is -2.26. The molecule has 1 aliphatic rings. The molecule has 1 unspecified atom stereocenters. The van der Waals surface area contributed by atoms with Gasteiger partial charge in [-0.25, -0.2) is 0 Å². The summed E-state index contributed by atoms with van der Waals surface area (Å²) in [4.78, 5) is 22.8. The molecule has 2 rings (SSSR count). The summed E-state index contributed by atoms with van der Waals surface area (Å²) in [6.45, 7) is 3.69. The summed E-state index contributed by atoms with van der Waals surface area (Å²) >= 11 is 0. The van der Waals surface area contributed by atoms with Crippen LogP contribution in [-0.4, -0.2) is 25.4 Å². The molecule has 4 heteroatoms. The molecule has 4 nitrogen and oxygen atoms in total. The fourth-order valence-corrected chi connectivity index (χ4v) is 3.37. The molecule has 0 aromatic heterocycles. The van der Waals surface area contributed by atoms with Gasteiger partial charge < -0.3 is 10.5 Å². The van der Waals surface area contributed by atoms with E-state index in [2.05, 4.69) is 0 Å². The van der Waals surface area contributed by atoms with Crippen molar-refractivity contribution >= 4 is 12.3 Å². The fourth-order valence-electron chi connectivity index (χ4n) is 3.37. The number of hydrogen-bond donors (Lipinski definition) is 1. The Labute approximate surface area is 138 Å². The van der Waals surface area contributed by atoms with Gasteiger partial charge in [0.05, 0.1) is 6.61 Å². The Morgan fingerprint density at radius 2 is 1.91 bits per heavy atom. The van der Waals surface area contributed by atoms with E-state index in [0.29, 0.717) is 19.0 Å². The maximum absolute atomic E-state index is 12.6. The Kier molecular flexibility index (Phi) is 6.78. The number of ether oxygens (including phenoxy) is 1. The van der Waals surface area contributed by atoms with E-state index in [9.17, 15) is 9.59 Å². The van der Waals surface area contributed by atoms with Crippen molar-refractivity contribution in [3.8, 4) is 0 Å². The molecule has 1 fully saturated rings. The van der Waals surface area contributed by atoms with Gasteiger partial charge in [0.2, 0.25) is 0 Å². The smallest absolute Gasteiger partial charge is 0.293 e. The molecule has 23 heavy (non-hydrogen) atoms. The van der Waals surface area contributed by atoms with E-state index in [1.807, 2.05) is 31.2 Å². The van der Waals surface area contributed by atoms with Crippen LogP contribution >= 0.6 is 0 Å². The minimum atomic E-state index is 0.156. The van der Waals surface area contributed by atoms with E-state index in [-0.39, 0.29) is 17.6 Å². The van der Waals surface area contributed by atoms with Gasteiger partial charge in [0.1, 0.15) is 0 Å². The molecule has 0 saturated heterocycles. The Morgan fingerprint density at radius 1 is 1.26 bits per heavy atom. The number of carbonyl (C=O) groups excluding carboxylic acids is 2. The summed E-state index contributed by atoms with van der Waals surface area (Å²) in [6.07, 6.45) is 4.90. The van der Waals surface area contributed by atoms with Crippen molar-refractivity contribution in [2.45, 2.75) is 39.0 Å². The zero-order valence-corrected chi connectivity index (χ0v) is 13.9. The molecule has 0 amide bonds. The van der Waals surface area contributed by atoms with Gasteiger partial charge in [-0.2, -0.15) is 0 Å². The first-order valence-corrected chi connectivity index (χ1v) is 8.52. The maximum Gasteiger partial charge on any atom is 0.293 e. The van der Waals surface area contributed by atoms with Crippen LogP contribution < -0.4 is 5.73 Å². The Balaban J connectivity index is 1.89. The van der Waals surface area contributed by atoms with Crippen LogP contribution in [0.25, 0.3) is 0 Å². The third kappa shape index (κ3) is 5.17. The van der Waals surface area contributed by atoms with Gasteiger partial charge in [-0.3, -0.25) is 9.59 Å². The van der Waals surface area contributed by atoms with E-state index >= 15 is 0 Å². The van der Waals surface area contributed by atoms with Crippen LogP contribution in [0.1, 0.15) is 48.5 Å². The van der Waals surface area contributed by atoms with E-state index in [4.69, 9.17) is 10.5 Å². The fraction of sp³-hybridized carbons (Fsp3) is 0.579. The van der Waals surface area contributed by atoms with Crippen LogP contribution in [0.4, 0.5) is 0 Å². The van der Waals surface area contributed by atoms with Crippen molar-refractivity contribution in [2.24, 2.45) is 23.5 Å². The highest BCUT2D eigenvalue weighted by Crippen LogP contribution is 2.30.